The fourth-order valence-electron chi connectivity index (χ4n) is 1.61. The lowest BCUT2D eigenvalue weighted by Crippen LogP contribution is -2.26. The maximum absolute atomic E-state index is 11.7. The number of hydrogen-bond acceptors (Lipinski definition) is 2. The summed E-state index contributed by atoms with van der Waals surface area (Å²) in [7, 11) is 0. The van der Waals surface area contributed by atoms with E-state index in [1.807, 2.05) is 0 Å². The van der Waals surface area contributed by atoms with Crippen LogP contribution in [0.25, 0.3) is 0 Å². The molecule has 1 aliphatic carbocycles. The lowest BCUT2D eigenvalue weighted by Gasteiger charge is -2.07. The number of benzene rings is 1. The van der Waals surface area contributed by atoms with Gasteiger partial charge in [0.1, 0.15) is 5.75 Å². The van der Waals surface area contributed by atoms with Gasteiger partial charge in [-0.05, 0) is 30.9 Å². The van der Waals surface area contributed by atoms with Crippen molar-refractivity contribution in [3.63, 3.8) is 0 Å². The Hall–Kier alpha value is -1.51. The fraction of sp³-hybridized carbons (Fsp3) is 0.417. The van der Waals surface area contributed by atoms with Crippen molar-refractivity contribution in [1.29, 1.82) is 0 Å². The van der Waals surface area contributed by atoms with Gasteiger partial charge in [0.2, 0.25) is 0 Å². The molecule has 3 heteroatoms. The van der Waals surface area contributed by atoms with Gasteiger partial charge in [-0.15, -0.1) is 0 Å². The first-order chi connectivity index (χ1) is 7.09. The van der Waals surface area contributed by atoms with Gasteiger partial charge in [0.15, 0.2) is 0 Å². The average molecular weight is 205 g/mol. The van der Waals surface area contributed by atoms with Crippen molar-refractivity contribution in [2.45, 2.75) is 26.3 Å². The molecule has 2 rings (SSSR count). The van der Waals surface area contributed by atoms with E-state index in [1.165, 1.54) is 0 Å². The van der Waals surface area contributed by atoms with E-state index in [2.05, 4.69) is 12.2 Å². The zero-order valence-electron chi connectivity index (χ0n) is 8.95. The number of carbonyl (C=O) groups is 1. The van der Waals surface area contributed by atoms with Crippen LogP contribution >= 0.6 is 0 Å². The molecule has 0 radical (unpaired) electrons. The quantitative estimate of drug-likeness (QED) is 0.774. The Labute approximate surface area is 89.1 Å². The van der Waals surface area contributed by atoms with Crippen LogP contribution in [0.2, 0.25) is 0 Å². The smallest absolute Gasteiger partial charge is 0.255 e. The Balaban J connectivity index is 2.14. The number of aromatic hydroxyl groups is 1. The minimum Gasteiger partial charge on any atom is -0.507 e. The van der Waals surface area contributed by atoms with E-state index in [1.54, 1.807) is 25.1 Å². The van der Waals surface area contributed by atoms with E-state index < -0.39 is 0 Å². The highest BCUT2D eigenvalue weighted by atomic mass is 16.3. The monoisotopic (exact) mass is 205 g/mol. The number of carbonyl (C=O) groups excluding carboxylic acids is 1. The molecule has 1 saturated carbocycles. The van der Waals surface area contributed by atoms with Gasteiger partial charge in [0.05, 0.1) is 5.56 Å². The highest BCUT2D eigenvalue weighted by molar-refractivity contribution is 5.97. The molecule has 1 aromatic carbocycles. The van der Waals surface area contributed by atoms with E-state index in [4.69, 9.17) is 0 Å². The van der Waals surface area contributed by atoms with Crippen LogP contribution in [0.15, 0.2) is 18.2 Å². The number of phenols is 1. The van der Waals surface area contributed by atoms with Gasteiger partial charge in [0, 0.05) is 6.04 Å². The Morgan fingerprint density at radius 3 is 2.80 bits per heavy atom. The first-order valence-corrected chi connectivity index (χ1v) is 5.19. The minimum atomic E-state index is -0.175. The predicted octanol–water partition coefficient (Wildman–Crippen LogP) is 1.84. The van der Waals surface area contributed by atoms with Crippen LogP contribution in [0.5, 0.6) is 5.75 Å². The van der Waals surface area contributed by atoms with Crippen LogP contribution in [-0.2, 0) is 0 Å². The summed E-state index contributed by atoms with van der Waals surface area (Å²) in [6, 6.07) is 5.49. The van der Waals surface area contributed by atoms with Crippen molar-refractivity contribution in [2.24, 2.45) is 5.92 Å². The number of phenolic OH excluding ortho intramolecular Hbond substituents is 1. The molecule has 1 amide bonds. The highest BCUT2D eigenvalue weighted by Gasteiger charge is 2.34. The van der Waals surface area contributed by atoms with Crippen LogP contribution < -0.4 is 5.32 Å². The van der Waals surface area contributed by atoms with Crippen molar-refractivity contribution >= 4 is 5.91 Å². The van der Waals surface area contributed by atoms with Gasteiger partial charge in [-0.3, -0.25) is 4.79 Å². The summed E-state index contributed by atoms with van der Waals surface area (Å²) >= 11 is 0. The largest absolute Gasteiger partial charge is 0.507 e. The van der Waals surface area contributed by atoms with E-state index in [0.29, 0.717) is 11.5 Å². The van der Waals surface area contributed by atoms with E-state index in [9.17, 15) is 9.90 Å². The SMILES string of the molecule is Cc1cccc(C(=O)NC2CC2C)c1O. The summed E-state index contributed by atoms with van der Waals surface area (Å²) in [4.78, 5) is 11.7. The third-order valence-corrected chi connectivity index (χ3v) is 2.91. The summed E-state index contributed by atoms with van der Waals surface area (Å²) < 4.78 is 0. The lowest BCUT2D eigenvalue weighted by molar-refractivity contribution is 0.0946. The molecule has 0 aliphatic heterocycles. The molecular weight excluding hydrogens is 190 g/mol. The minimum absolute atomic E-state index is 0.0864. The Morgan fingerprint density at radius 2 is 2.20 bits per heavy atom. The van der Waals surface area contributed by atoms with Crippen molar-refractivity contribution < 1.29 is 9.90 Å². The molecule has 3 nitrogen and oxygen atoms in total. The maximum Gasteiger partial charge on any atom is 0.255 e. The van der Waals surface area contributed by atoms with Crippen molar-refractivity contribution in [3.8, 4) is 5.75 Å². The molecule has 0 bridgehead atoms. The van der Waals surface area contributed by atoms with E-state index in [0.717, 1.165) is 12.0 Å². The first kappa shape index (κ1) is 10.0. The number of nitrogens with one attached hydrogen (secondary N) is 1. The number of para-hydroxylation sites is 1. The molecule has 1 aliphatic rings. The van der Waals surface area contributed by atoms with Gasteiger partial charge in [-0.1, -0.05) is 19.1 Å². The van der Waals surface area contributed by atoms with Crippen molar-refractivity contribution in [2.75, 3.05) is 0 Å². The Kier molecular flexibility index (Phi) is 2.39. The summed E-state index contributed by atoms with van der Waals surface area (Å²) in [5.41, 5.74) is 1.10. The fourth-order valence-corrected chi connectivity index (χ4v) is 1.61. The molecule has 0 spiro atoms. The van der Waals surface area contributed by atoms with Crippen molar-refractivity contribution in [1.82, 2.24) is 5.32 Å². The molecule has 0 aromatic heterocycles. The third kappa shape index (κ3) is 1.96. The van der Waals surface area contributed by atoms with E-state index >= 15 is 0 Å². The topological polar surface area (TPSA) is 49.3 Å². The van der Waals surface area contributed by atoms with E-state index in [-0.39, 0.29) is 17.7 Å². The highest BCUT2D eigenvalue weighted by Crippen LogP contribution is 2.30. The Morgan fingerprint density at radius 1 is 1.53 bits per heavy atom. The summed E-state index contributed by atoms with van der Waals surface area (Å²) in [5, 5.41) is 12.6. The summed E-state index contributed by atoms with van der Waals surface area (Å²) in [5.74, 6) is 0.481. The lowest BCUT2D eigenvalue weighted by atomic mass is 10.1. The molecule has 2 unspecified atom stereocenters. The number of hydrogen-bond donors (Lipinski definition) is 2. The molecule has 0 saturated heterocycles. The third-order valence-electron chi connectivity index (χ3n) is 2.91. The summed E-state index contributed by atoms with van der Waals surface area (Å²) in [6.07, 6.45) is 1.04. The second kappa shape index (κ2) is 3.57. The molecule has 80 valence electrons. The molecule has 1 fully saturated rings. The van der Waals surface area contributed by atoms with Crippen molar-refractivity contribution in [3.05, 3.63) is 29.3 Å². The molecular formula is C12H15NO2. The normalized spacial score (nSPS) is 23.6. The average Bonchev–Trinajstić information content (AvgIpc) is 2.86. The standard InChI is InChI=1S/C12H15NO2/c1-7-4-3-5-9(11(7)14)12(15)13-10-6-8(10)2/h3-5,8,10,14H,6H2,1-2H3,(H,13,15). The molecule has 2 atom stereocenters. The summed E-state index contributed by atoms with van der Waals surface area (Å²) in [6.45, 7) is 3.88. The van der Waals surface area contributed by atoms with Crippen LogP contribution in [0.4, 0.5) is 0 Å². The maximum atomic E-state index is 11.7. The van der Waals surface area contributed by atoms with Gasteiger partial charge in [0.25, 0.3) is 5.91 Å². The van der Waals surface area contributed by atoms with Crippen LogP contribution in [0.1, 0.15) is 29.3 Å². The number of amides is 1. The molecule has 2 N–H and O–H groups in total. The van der Waals surface area contributed by atoms with Crippen LogP contribution in [0.3, 0.4) is 0 Å². The molecule has 0 heterocycles. The second-order valence-corrected chi connectivity index (χ2v) is 4.26. The number of rotatable bonds is 2. The predicted molar refractivity (Wildman–Crippen MR) is 57.9 cm³/mol. The van der Waals surface area contributed by atoms with Gasteiger partial charge in [-0.2, -0.15) is 0 Å². The zero-order chi connectivity index (χ0) is 11.0. The first-order valence-electron chi connectivity index (χ1n) is 5.19. The molecule has 1 aromatic rings. The van der Waals surface area contributed by atoms with Crippen LogP contribution in [-0.4, -0.2) is 17.1 Å². The Bertz CT molecular complexity index is 401. The van der Waals surface area contributed by atoms with Gasteiger partial charge in [-0.25, -0.2) is 0 Å². The zero-order valence-corrected chi connectivity index (χ0v) is 8.95. The second-order valence-electron chi connectivity index (χ2n) is 4.26. The van der Waals surface area contributed by atoms with Gasteiger partial charge >= 0.3 is 0 Å². The van der Waals surface area contributed by atoms with Gasteiger partial charge < -0.3 is 10.4 Å². The molecule has 15 heavy (non-hydrogen) atoms. The number of aryl methyl sites for hydroxylation is 1. The van der Waals surface area contributed by atoms with Crippen LogP contribution in [0, 0.1) is 12.8 Å².